The first-order valence-corrected chi connectivity index (χ1v) is 11.1. The molecule has 2 aromatic rings. The van der Waals surface area contributed by atoms with E-state index < -0.39 is 5.72 Å². The average molecular weight is 471 g/mol. The van der Waals surface area contributed by atoms with E-state index in [0.717, 1.165) is 52.3 Å². The summed E-state index contributed by atoms with van der Waals surface area (Å²) in [5.74, 6) is 2.51. The minimum atomic E-state index is -0.509. The molecule has 2 atom stereocenters. The van der Waals surface area contributed by atoms with E-state index in [-0.39, 0.29) is 18.4 Å². The van der Waals surface area contributed by atoms with Crippen LogP contribution in [-0.2, 0) is 4.74 Å². The summed E-state index contributed by atoms with van der Waals surface area (Å²) in [4.78, 5) is 0. The SMILES string of the molecule is CC1(C)C[C@@]2(CCO1)Oc1ccc(Br)cc1[C@@H]1CC(c3ccc4c(c3)OCO4)=NN12. The minimum absolute atomic E-state index is 0.126. The van der Waals surface area contributed by atoms with Crippen LogP contribution in [0.5, 0.6) is 17.2 Å². The Bertz CT molecular complexity index is 1070. The van der Waals surface area contributed by atoms with Gasteiger partial charge in [0.15, 0.2) is 11.5 Å². The van der Waals surface area contributed by atoms with Gasteiger partial charge >= 0.3 is 0 Å². The first-order valence-electron chi connectivity index (χ1n) is 10.3. The van der Waals surface area contributed by atoms with E-state index in [9.17, 15) is 0 Å². The van der Waals surface area contributed by atoms with Gasteiger partial charge in [0.05, 0.1) is 24.0 Å². The standard InChI is InChI=1S/C23H23BrN2O4/c1-22(2)12-23(7-8-29-22)26-18(16-10-15(24)4-6-19(16)30-23)11-17(25-26)14-3-5-20-21(9-14)28-13-27-20/h3-6,9-10,18H,7-8,11-13H2,1-2H3/t18-,23+/m0/s1. The van der Waals surface area contributed by atoms with Crippen molar-refractivity contribution in [2.24, 2.45) is 5.10 Å². The van der Waals surface area contributed by atoms with Crippen LogP contribution in [0.4, 0.5) is 0 Å². The zero-order valence-electron chi connectivity index (χ0n) is 17.0. The van der Waals surface area contributed by atoms with E-state index >= 15 is 0 Å². The smallest absolute Gasteiger partial charge is 0.231 e. The third-order valence-electron chi connectivity index (χ3n) is 6.35. The van der Waals surface area contributed by atoms with Crippen molar-refractivity contribution in [2.75, 3.05) is 13.4 Å². The van der Waals surface area contributed by atoms with Crippen LogP contribution in [0.25, 0.3) is 0 Å². The van der Waals surface area contributed by atoms with Crippen molar-refractivity contribution in [1.82, 2.24) is 5.01 Å². The zero-order valence-corrected chi connectivity index (χ0v) is 18.6. The lowest BCUT2D eigenvalue weighted by Crippen LogP contribution is -2.60. The predicted octanol–water partition coefficient (Wildman–Crippen LogP) is 5.01. The van der Waals surface area contributed by atoms with E-state index in [1.165, 1.54) is 5.56 Å². The lowest BCUT2D eigenvalue weighted by atomic mass is 9.86. The number of benzene rings is 2. The fourth-order valence-corrected chi connectivity index (χ4v) is 5.46. The fraction of sp³-hybridized carbons (Fsp3) is 0.435. The Morgan fingerprint density at radius 1 is 1.07 bits per heavy atom. The van der Waals surface area contributed by atoms with E-state index in [2.05, 4.69) is 53.0 Å². The highest BCUT2D eigenvalue weighted by molar-refractivity contribution is 9.10. The molecule has 0 unspecified atom stereocenters. The third-order valence-corrected chi connectivity index (χ3v) is 6.85. The van der Waals surface area contributed by atoms with Gasteiger partial charge < -0.3 is 18.9 Å². The van der Waals surface area contributed by atoms with Gasteiger partial charge in [-0.05, 0) is 50.2 Å². The summed E-state index contributed by atoms with van der Waals surface area (Å²) in [6, 6.07) is 12.5. The van der Waals surface area contributed by atoms with Crippen LogP contribution in [0.15, 0.2) is 46.0 Å². The Labute approximate surface area is 183 Å². The van der Waals surface area contributed by atoms with Gasteiger partial charge in [0.2, 0.25) is 12.5 Å². The van der Waals surface area contributed by atoms with Crippen molar-refractivity contribution in [3.63, 3.8) is 0 Å². The Hall–Kier alpha value is -2.25. The molecule has 0 N–H and O–H groups in total. The van der Waals surface area contributed by atoms with Crippen molar-refractivity contribution < 1.29 is 18.9 Å². The van der Waals surface area contributed by atoms with Crippen LogP contribution in [-0.4, -0.2) is 35.4 Å². The average Bonchev–Trinajstić information content (AvgIpc) is 3.35. The van der Waals surface area contributed by atoms with Crippen LogP contribution < -0.4 is 14.2 Å². The second-order valence-electron chi connectivity index (χ2n) is 8.94. The summed E-state index contributed by atoms with van der Waals surface area (Å²) in [7, 11) is 0. The molecule has 0 aliphatic carbocycles. The number of halogens is 1. The third kappa shape index (κ3) is 2.82. The fourth-order valence-electron chi connectivity index (χ4n) is 5.08. The van der Waals surface area contributed by atoms with E-state index in [1.54, 1.807) is 0 Å². The molecule has 7 heteroatoms. The number of hydrogen-bond acceptors (Lipinski definition) is 6. The summed E-state index contributed by atoms with van der Waals surface area (Å²) in [6.45, 7) is 5.17. The van der Waals surface area contributed by atoms with Crippen LogP contribution in [0, 0.1) is 0 Å². The molecule has 0 saturated carbocycles. The van der Waals surface area contributed by atoms with Crippen LogP contribution in [0.2, 0.25) is 0 Å². The first-order chi connectivity index (χ1) is 14.4. The summed E-state index contributed by atoms with van der Waals surface area (Å²) >= 11 is 3.62. The Balaban J connectivity index is 1.45. The highest BCUT2D eigenvalue weighted by Gasteiger charge is 2.54. The van der Waals surface area contributed by atoms with Crippen LogP contribution >= 0.6 is 15.9 Å². The van der Waals surface area contributed by atoms with Gasteiger partial charge in [-0.2, -0.15) is 5.10 Å². The minimum Gasteiger partial charge on any atom is -0.466 e. The molecule has 1 spiro atoms. The lowest BCUT2D eigenvalue weighted by Gasteiger charge is -2.52. The van der Waals surface area contributed by atoms with E-state index in [0.29, 0.717) is 6.61 Å². The molecule has 0 bridgehead atoms. The zero-order chi connectivity index (χ0) is 20.5. The predicted molar refractivity (Wildman–Crippen MR) is 115 cm³/mol. The summed E-state index contributed by atoms with van der Waals surface area (Å²) < 4.78 is 24.8. The molecule has 6 rings (SSSR count). The number of hydrazone groups is 1. The monoisotopic (exact) mass is 470 g/mol. The molecule has 156 valence electrons. The lowest BCUT2D eigenvalue weighted by molar-refractivity contribution is -0.212. The topological polar surface area (TPSA) is 52.5 Å². The molecule has 2 aromatic carbocycles. The molecule has 1 fully saturated rings. The van der Waals surface area contributed by atoms with E-state index in [1.807, 2.05) is 18.2 Å². The van der Waals surface area contributed by atoms with Gasteiger partial charge in [-0.25, -0.2) is 5.01 Å². The molecule has 6 nitrogen and oxygen atoms in total. The van der Waals surface area contributed by atoms with Crippen LogP contribution in [0.1, 0.15) is 50.3 Å². The quantitative estimate of drug-likeness (QED) is 0.586. The largest absolute Gasteiger partial charge is 0.466 e. The molecule has 1 saturated heterocycles. The number of fused-ring (bicyclic) bond motifs is 5. The molecule has 30 heavy (non-hydrogen) atoms. The molecule has 4 aliphatic heterocycles. The molecule has 4 aliphatic rings. The highest BCUT2D eigenvalue weighted by Crippen LogP contribution is 2.52. The maximum Gasteiger partial charge on any atom is 0.231 e. The van der Waals surface area contributed by atoms with Gasteiger partial charge in [-0.15, -0.1) is 0 Å². The number of hydrogen-bond donors (Lipinski definition) is 0. The van der Waals surface area contributed by atoms with Gasteiger partial charge in [0.25, 0.3) is 0 Å². The Morgan fingerprint density at radius 2 is 1.90 bits per heavy atom. The molecule has 4 heterocycles. The first kappa shape index (κ1) is 18.5. The number of ether oxygens (including phenoxy) is 4. The van der Waals surface area contributed by atoms with Crippen molar-refractivity contribution in [1.29, 1.82) is 0 Å². The summed E-state index contributed by atoms with van der Waals surface area (Å²) in [5.41, 5.74) is 2.49. The van der Waals surface area contributed by atoms with Crippen molar-refractivity contribution >= 4 is 21.6 Å². The molecular formula is C23H23BrN2O4. The van der Waals surface area contributed by atoms with Crippen molar-refractivity contribution in [3.05, 3.63) is 52.0 Å². The second-order valence-corrected chi connectivity index (χ2v) is 9.86. The summed E-state index contributed by atoms with van der Waals surface area (Å²) in [5, 5.41) is 7.33. The van der Waals surface area contributed by atoms with Gasteiger partial charge in [0, 0.05) is 34.9 Å². The van der Waals surface area contributed by atoms with Gasteiger partial charge in [-0.1, -0.05) is 15.9 Å². The van der Waals surface area contributed by atoms with E-state index in [4.69, 9.17) is 24.0 Å². The highest BCUT2D eigenvalue weighted by atomic mass is 79.9. The normalized spacial score (nSPS) is 28.0. The number of rotatable bonds is 1. The molecule has 0 radical (unpaired) electrons. The maximum atomic E-state index is 6.70. The Kier molecular flexibility index (Phi) is 3.93. The molecular weight excluding hydrogens is 448 g/mol. The Morgan fingerprint density at radius 3 is 2.77 bits per heavy atom. The summed E-state index contributed by atoms with van der Waals surface area (Å²) in [6.07, 6.45) is 2.35. The molecule has 0 amide bonds. The second kappa shape index (κ2) is 6.37. The number of nitrogens with zero attached hydrogens (tertiary/aromatic N) is 2. The molecule has 0 aromatic heterocycles. The van der Waals surface area contributed by atoms with Gasteiger partial charge in [0.1, 0.15) is 5.75 Å². The van der Waals surface area contributed by atoms with Crippen molar-refractivity contribution in [2.45, 2.75) is 50.5 Å². The van der Waals surface area contributed by atoms with Gasteiger partial charge in [-0.3, -0.25) is 0 Å². The van der Waals surface area contributed by atoms with Crippen LogP contribution in [0.3, 0.4) is 0 Å². The maximum absolute atomic E-state index is 6.70. The van der Waals surface area contributed by atoms with Crippen molar-refractivity contribution in [3.8, 4) is 17.2 Å².